The Morgan fingerprint density at radius 2 is 0.750 bits per heavy atom. The van der Waals surface area contributed by atoms with E-state index in [1.54, 1.807) is 0 Å². The zero-order valence-electron chi connectivity index (χ0n) is 33.0. The molecule has 11 rings (SSSR count). The summed E-state index contributed by atoms with van der Waals surface area (Å²) in [5.41, 5.74) is 16.4. The second-order valence-electron chi connectivity index (χ2n) is 15.3. The summed E-state index contributed by atoms with van der Waals surface area (Å²) in [6.45, 7) is 0. The van der Waals surface area contributed by atoms with Crippen molar-refractivity contribution in [2.45, 2.75) is 0 Å². The highest BCUT2D eigenvalue weighted by Crippen LogP contribution is 2.46. The first kappa shape index (κ1) is 35.2. The summed E-state index contributed by atoms with van der Waals surface area (Å²) in [6.07, 6.45) is 0. The molecule has 0 radical (unpaired) electrons. The molecule has 0 aliphatic carbocycles. The van der Waals surface area contributed by atoms with E-state index in [1.807, 2.05) is 0 Å². The summed E-state index contributed by atoms with van der Waals surface area (Å²) in [7, 11) is 0. The third-order valence-corrected chi connectivity index (χ3v) is 11.8. The second kappa shape index (κ2) is 15.1. The zero-order valence-corrected chi connectivity index (χ0v) is 33.0. The van der Waals surface area contributed by atoms with Crippen LogP contribution in [0.25, 0.3) is 82.8 Å². The van der Waals surface area contributed by atoms with Crippen LogP contribution in [-0.2, 0) is 0 Å². The molecule has 11 aromatic rings. The first-order valence-corrected chi connectivity index (χ1v) is 20.6. The lowest BCUT2D eigenvalue weighted by Crippen LogP contribution is -2.11. The van der Waals surface area contributed by atoms with Gasteiger partial charge in [0.1, 0.15) is 0 Å². The fourth-order valence-corrected chi connectivity index (χ4v) is 8.89. The molecule has 0 amide bonds. The van der Waals surface area contributed by atoms with Gasteiger partial charge in [0.25, 0.3) is 0 Å². The molecule has 2 heteroatoms. The van der Waals surface area contributed by atoms with E-state index in [0.717, 1.165) is 22.7 Å². The lowest BCUT2D eigenvalue weighted by molar-refractivity contribution is 1.18. The molecule has 0 spiro atoms. The van der Waals surface area contributed by atoms with Crippen LogP contribution in [0.1, 0.15) is 0 Å². The van der Waals surface area contributed by atoms with Crippen molar-refractivity contribution in [1.29, 1.82) is 0 Å². The predicted molar refractivity (Wildman–Crippen MR) is 255 cm³/mol. The Hall–Kier alpha value is -7.94. The van der Waals surface area contributed by atoms with Gasteiger partial charge in [-0.25, -0.2) is 0 Å². The van der Waals surface area contributed by atoms with Crippen molar-refractivity contribution < 1.29 is 0 Å². The molecule has 2 nitrogen and oxygen atoms in total. The molecule has 1 aromatic heterocycles. The Bertz CT molecular complexity index is 3270. The topological polar surface area (TPSA) is 8.17 Å². The van der Waals surface area contributed by atoms with E-state index in [-0.39, 0.29) is 0 Å². The van der Waals surface area contributed by atoms with Crippen molar-refractivity contribution in [2.24, 2.45) is 0 Å². The molecule has 0 fully saturated rings. The highest BCUT2D eigenvalue weighted by molar-refractivity contribution is 6.17. The van der Waals surface area contributed by atoms with Gasteiger partial charge in [0.2, 0.25) is 0 Å². The molecular weight excluding hydrogens is 725 g/mol. The van der Waals surface area contributed by atoms with Gasteiger partial charge in [-0.1, -0.05) is 176 Å². The highest BCUT2D eigenvalue weighted by Gasteiger charge is 2.21. The molecule has 1 heterocycles. The van der Waals surface area contributed by atoms with Crippen LogP contribution in [0.5, 0.6) is 0 Å². The van der Waals surface area contributed by atoms with Crippen LogP contribution in [0.15, 0.2) is 243 Å². The van der Waals surface area contributed by atoms with Crippen LogP contribution >= 0.6 is 0 Å². The number of hydrogen-bond donors (Lipinski definition) is 0. The SMILES string of the molecule is c1ccc(-c2ccc(N(c3ccc(-c4ccc5cc(-c6ccccc6)ccc5c4)cc3)c3ccccc3-c3cccc4c3c3ccccc3n4-c3ccccc3)cc2)cc1. The lowest BCUT2D eigenvalue weighted by atomic mass is 9.96. The minimum Gasteiger partial charge on any atom is -0.310 e. The van der Waals surface area contributed by atoms with Crippen molar-refractivity contribution in [3.8, 4) is 50.2 Å². The molecule has 10 aromatic carbocycles. The lowest BCUT2D eigenvalue weighted by Gasteiger charge is -2.28. The smallest absolute Gasteiger partial charge is 0.0547 e. The standard InChI is InChI=1S/C58H40N2/c1-4-15-41(16-5-1)43-31-35-50(36-32-43)59(51-37-33-44(34-38-51)46-28-30-47-39-45(27-29-48(47)40-46)42-17-6-2-7-18-42)55-24-12-10-21-52(55)53-23-14-26-57-58(53)54-22-11-13-25-56(54)60(57)49-19-8-3-9-20-49/h1-40H. The number of aromatic nitrogens is 1. The zero-order chi connectivity index (χ0) is 39.8. The fraction of sp³-hybridized carbons (Fsp3) is 0. The molecule has 60 heavy (non-hydrogen) atoms. The molecular formula is C58H40N2. The maximum Gasteiger partial charge on any atom is 0.0547 e. The maximum absolute atomic E-state index is 2.41. The van der Waals surface area contributed by atoms with Crippen molar-refractivity contribution in [1.82, 2.24) is 4.57 Å². The minimum absolute atomic E-state index is 1.09. The van der Waals surface area contributed by atoms with E-state index in [1.165, 1.54) is 77.1 Å². The summed E-state index contributed by atoms with van der Waals surface area (Å²) in [4.78, 5) is 2.41. The number of fused-ring (bicyclic) bond motifs is 4. The number of hydrogen-bond acceptors (Lipinski definition) is 1. The highest BCUT2D eigenvalue weighted by atomic mass is 15.1. The van der Waals surface area contributed by atoms with Gasteiger partial charge in [0, 0.05) is 33.4 Å². The van der Waals surface area contributed by atoms with Crippen LogP contribution in [0.3, 0.4) is 0 Å². The largest absolute Gasteiger partial charge is 0.310 e. The molecule has 0 atom stereocenters. The molecule has 0 aliphatic rings. The molecule has 0 N–H and O–H groups in total. The van der Waals surface area contributed by atoms with Gasteiger partial charge in [-0.05, 0) is 116 Å². The van der Waals surface area contributed by atoms with E-state index in [2.05, 4.69) is 252 Å². The Kier molecular flexibility index (Phi) is 8.87. The Morgan fingerprint density at radius 1 is 0.300 bits per heavy atom. The van der Waals surface area contributed by atoms with E-state index >= 15 is 0 Å². The van der Waals surface area contributed by atoms with Gasteiger partial charge in [0.15, 0.2) is 0 Å². The predicted octanol–water partition coefficient (Wildman–Crippen LogP) is 16.1. The van der Waals surface area contributed by atoms with E-state index in [9.17, 15) is 0 Å². The summed E-state index contributed by atoms with van der Waals surface area (Å²) in [5.74, 6) is 0. The Morgan fingerprint density at radius 3 is 1.38 bits per heavy atom. The molecule has 0 aliphatic heterocycles. The quantitative estimate of drug-likeness (QED) is 0.150. The van der Waals surface area contributed by atoms with Gasteiger partial charge in [-0.3, -0.25) is 0 Å². The molecule has 0 saturated carbocycles. The number of benzene rings is 10. The fourth-order valence-electron chi connectivity index (χ4n) is 8.89. The normalized spacial score (nSPS) is 11.3. The van der Waals surface area contributed by atoms with E-state index in [0.29, 0.717) is 0 Å². The summed E-state index contributed by atoms with van der Waals surface area (Å²) < 4.78 is 2.39. The monoisotopic (exact) mass is 764 g/mol. The number of para-hydroxylation sites is 3. The molecule has 0 saturated heterocycles. The van der Waals surface area contributed by atoms with Crippen LogP contribution in [-0.4, -0.2) is 4.57 Å². The third-order valence-electron chi connectivity index (χ3n) is 11.8. The summed E-state index contributed by atoms with van der Waals surface area (Å²) in [6, 6.07) is 87.8. The van der Waals surface area contributed by atoms with Crippen LogP contribution < -0.4 is 4.90 Å². The van der Waals surface area contributed by atoms with Crippen LogP contribution in [0.4, 0.5) is 17.1 Å². The average molecular weight is 765 g/mol. The van der Waals surface area contributed by atoms with Gasteiger partial charge in [-0.2, -0.15) is 0 Å². The van der Waals surface area contributed by atoms with Crippen molar-refractivity contribution >= 4 is 49.6 Å². The first-order chi connectivity index (χ1) is 29.8. The van der Waals surface area contributed by atoms with E-state index < -0.39 is 0 Å². The van der Waals surface area contributed by atoms with E-state index in [4.69, 9.17) is 0 Å². The molecule has 0 unspecified atom stereocenters. The van der Waals surface area contributed by atoms with Crippen molar-refractivity contribution in [3.63, 3.8) is 0 Å². The third kappa shape index (κ3) is 6.32. The summed E-state index contributed by atoms with van der Waals surface area (Å²) >= 11 is 0. The number of nitrogens with zero attached hydrogens (tertiary/aromatic N) is 2. The van der Waals surface area contributed by atoms with Gasteiger partial charge < -0.3 is 9.47 Å². The van der Waals surface area contributed by atoms with Gasteiger partial charge in [0.05, 0.1) is 16.7 Å². The molecule has 282 valence electrons. The minimum atomic E-state index is 1.09. The second-order valence-corrected chi connectivity index (χ2v) is 15.3. The maximum atomic E-state index is 2.41. The van der Waals surface area contributed by atoms with Crippen molar-refractivity contribution in [2.75, 3.05) is 4.90 Å². The van der Waals surface area contributed by atoms with Crippen molar-refractivity contribution in [3.05, 3.63) is 243 Å². The Balaban J connectivity index is 1.04. The first-order valence-electron chi connectivity index (χ1n) is 20.6. The van der Waals surface area contributed by atoms with Gasteiger partial charge in [-0.15, -0.1) is 0 Å². The van der Waals surface area contributed by atoms with Gasteiger partial charge >= 0.3 is 0 Å². The summed E-state index contributed by atoms with van der Waals surface area (Å²) in [5, 5.41) is 4.94. The van der Waals surface area contributed by atoms with Crippen LogP contribution in [0.2, 0.25) is 0 Å². The Labute approximate surface area is 350 Å². The average Bonchev–Trinajstić information content (AvgIpc) is 3.67. The van der Waals surface area contributed by atoms with Crippen LogP contribution in [0, 0.1) is 0 Å². The molecule has 0 bridgehead atoms. The number of anilines is 3. The number of rotatable bonds is 8.